The minimum Gasteiger partial charge on any atom is -0.457 e. The molecule has 2 heterocycles. The molecule has 0 saturated carbocycles. The number of hydrogen-bond acceptors (Lipinski definition) is 6. The molecule has 0 radical (unpaired) electrons. The number of nitrogens with zero attached hydrogens (tertiary/aromatic N) is 3. The number of ether oxygens (including phenoxy) is 1. The highest BCUT2D eigenvalue weighted by Crippen LogP contribution is 2.32. The van der Waals surface area contributed by atoms with Gasteiger partial charge in [0, 0.05) is 29.6 Å². The molecule has 4 rings (SSSR count). The van der Waals surface area contributed by atoms with Crippen LogP contribution >= 0.6 is 0 Å². The average Bonchev–Trinajstić information content (AvgIpc) is 2.76. The number of benzene rings is 2. The molecule has 0 aliphatic carbocycles. The van der Waals surface area contributed by atoms with E-state index in [0.717, 1.165) is 18.3 Å². The number of nitrogens with two attached hydrogens (primary N) is 1. The Morgan fingerprint density at radius 1 is 0.879 bits per heavy atom. The molecule has 0 unspecified atom stereocenters. The predicted molar refractivity (Wildman–Crippen MR) is 111 cm³/mol. The largest absolute Gasteiger partial charge is 0.457 e. The first-order valence-corrected chi connectivity index (χ1v) is 9.36. The molecule has 0 aliphatic rings. The number of aromatic nitrogens is 3. The first kappa shape index (κ1) is 21.9. The van der Waals surface area contributed by atoms with Crippen LogP contribution in [0.5, 0.6) is 11.5 Å². The van der Waals surface area contributed by atoms with Gasteiger partial charge in [-0.15, -0.1) is 0 Å². The number of rotatable bonds is 5. The highest BCUT2D eigenvalue weighted by atomic mass is 19.4. The van der Waals surface area contributed by atoms with Crippen LogP contribution in [0.1, 0.15) is 5.69 Å². The molecule has 0 amide bonds. The number of pyridine rings is 1. The summed E-state index contributed by atoms with van der Waals surface area (Å²) in [5.74, 6) is -1.76. The van der Waals surface area contributed by atoms with Crippen molar-refractivity contribution in [2.24, 2.45) is 0 Å². The van der Waals surface area contributed by atoms with Gasteiger partial charge in [-0.1, -0.05) is 6.07 Å². The third kappa shape index (κ3) is 5.14. The van der Waals surface area contributed by atoms with Gasteiger partial charge < -0.3 is 15.8 Å². The minimum absolute atomic E-state index is 0.0247. The molecule has 0 fully saturated rings. The van der Waals surface area contributed by atoms with Crippen molar-refractivity contribution >= 4 is 17.5 Å². The van der Waals surface area contributed by atoms with E-state index in [1.807, 2.05) is 0 Å². The Morgan fingerprint density at radius 3 is 2.36 bits per heavy atom. The van der Waals surface area contributed by atoms with Crippen LogP contribution in [0, 0.1) is 11.6 Å². The molecule has 0 atom stereocenters. The monoisotopic (exact) mass is 459 g/mol. The highest BCUT2D eigenvalue weighted by molar-refractivity contribution is 5.67. The van der Waals surface area contributed by atoms with Crippen molar-refractivity contribution in [1.82, 2.24) is 15.0 Å². The standard InChI is InChI=1S/C22H14F5N5O/c23-16-3-1-2-15(20(16)24)17-11-19(32-21(28)31-17)30-12-4-6-13(7-5-12)33-14-8-9-29-18(10-14)22(25,26)27/h1-11H,(H3,28,30,31,32). The molecular formula is C22H14F5N5O. The zero-order chi connectivity index (χ0) is 23.6. The average molecular weight is 459 g/mol. The minimum atomic E-state index is -4.58. The fourth-order valence-electron chi connectivity index (χ4n) is 2.89. The molecule has 2 aromatic carbocycles. The summed E-state index contributed by atoms with van der Waals surface area (Å²) < 4.78 is 71.5. The molecule has 0 aliphatic heterocycles. The van der Waals surface area contributed by atoms with Crippen molar-refractivity contribution in [3.63, 3.8) is 0 Å². The van der Waals surface area contributed by atoms with Crippen molar-refractivity contribution in [3.05, 3.63) is 84.2 Å². The smallest absolute Gasteiger partial charge is 0.433 e. The Balaban J connectivity index is 1.52. The second-order valence-corrected chi connectivity index (χ2v) is 6.72. The zero-order valence-corrected chi connectivity index (χ0v) is 16.6. The van der Waals surface area contributed by atoms with Crippen LogP contribution in [0.25, 0.3) is 11.3 Å². The van der Waals surface area contributed by atoms with E-state index >= 15 is 0 Å². The lowest BCUT2D eigenvalue weighted by Crippen LogP contribution is -2.07. The van der Waals surface area contributed by atoms with Gasteiger partial charge >= 0.3 is 6.18 Å². The third-order valence-electron chi connectivity index (χ3n) is 4.36. The number of nitrogen functional groups attached to an aromatic ring is 1. The second kappa shape index (κ2) is 8.69. The van der Waals surface area contributed by atoms with E-state index < -0.39 is 23.5 Å². The zero-order valence-electron chi connectivity index (χ0n) is 16.6. The van der Waals surface area contributed by atoms with Crippen LogP contribution in [0.15, 0.2) is 66.9 Å². The molecular weight excluding hydrogens is 445 g/mol. The molecule has 0 saturated heterocycles. The SMILES string of the molecule is Nc1nc(Nc2ccc(Oc3ccnc(C(F)(F)F)c3)cc2)cc(-c2cccc(F)c2F)n1. The Morgan fingerprint density at radius 2 is 1.64 bits per heavy atom. The van der Waals surface area contributed by atoms with Gasteiger partial charge in [0.1, 0.15) is 23.0 Å². The topological polar surface area (TPSA) is 86.0 Å². The molecule has 11 heteroatoms. The summed E-state index contributed by atoms with van der Waals surface area (Å²) in [6, 6.07) is 13.4. The molecule has 0 bridgehead atoms. The van der Waals surface area contributed by atoms with Crippen LogP contribution < -0.4 is 15.8 Å². The summed E-state index contributed by atoms with van der Waals surface area (Å²) in [4.78, 5) is 11.2. The van der Waals surface area contributed by atoms with Gasteiger partial charge in [-0.05, 0) is 42.5 Å². The number of halogens is 5. The van der Waals surface area contributed by atoms with Gasteiger partial charge in [0.05, 0.1) is 5.69 Å². The maximum atomic E-state index is 14.1. The quantitative estimate of drug-likeness (QED) is 0.359. The van der Waals surface area contributed by atoms with Crippen LogP contribution in [-0.4, -0.2) is 15.0 Å². The molecule has 6 nitrogen and oxygen atoms in total. The fourth-order valence-corrected chi connectivity index (χ4v) is 2.89. The van der Waals surface area contributed by atoms with Crippen LogP contribution in [0.4, 0.5) is 39.4 Å². The van der Waals surface area contributed by atoms with Crippen LogP contribution in [0.3, 0.4) is 0 Å². The summed E-state index contributed by atoms with van der Waals surface area (Å²) in [6.07, 6.45) is -3.58. The van der Waals surface area contributed by atoms with E-state index in [1.165, 1.54) is 36.4 Å². The molecule has 168 valence electrons. The maximum Gasteiger partial charge on any atom is 0.433 e. The lowest BCUT2D eigenvalue weighted by Gasteiger charge is -2.11. The van der Waals surface area contributed by atoms with Crippen molar-refractivity contribution in [2.45, 2.75) is 6.18 Å². The summed E-state index contributed by atoms with van der Waals surface area (Å²) in [5, 5.41) is 2.95. The predicted octanol–water partition coefficient (Wildman–Crippen LogP) is 5.95. The van der Waals surface area contributed by atoms with E-state index in [0.29, 0.717) is 5.69 Å². The fraction of sp³-hybridized carbons (Fsp3) is 0.0455. The first-order valence-electron chi connectivity index (χ1n) is 9.36. The van der Waals surface area contributed by atoms with E-state index in [1.54, 1.807) is 12.1 Å². The Hall–Kier alpha value is -4.28. The van der Waals surface area contributed by atoms with E-state index in [-0.39, 0.29) is 34.5 Å². The van der Waals surface area contributed by atoms with Crippen molar-refractivity contribution < 1.29 is 26.7 Å². The van der Waals surface area contributed by atoms with Crippen LogP contribution in [0.2, 0.25) is 0 Å². The van der Waals surface area contributed by atoms with E-state index in [4.69, 9.17) is 10.5 Å². The second-order valence-electron chi connectivity index (χ2n) is 6.72. The van der Waals surface area contributed by atoms with Crippen molar-refractivity contribution in [3.8, 4) is 22.8 Å². The van der Waals surface area contributed by atoms with Crippen molar-refractivity contribution in [1.29, 1.82) is 0 Å². The molecule has 4 aromatic rings. The molecule has 0 spiro atoms. The Bertz CT molecular complexity index is 1300. The van der Waals surface area contributed by atoms with Crippen molar-refractivity contribution in [2.75, 3.05) is 11.1 Å². The summed E-state index contributed by atoms with van der Waals surface area (Å²) in [5.41, 5.74) is 5.17. The summed E-state index contributed by atoms with van der Waals surface area (Å²) >= 11 is 0. The lowest BCUT2D eigenvalue weighted by molar-refractivity contribution is -0.141. The number of nitrogens with one attached hydrogen (secondary N) is 1. The Kier molecular flexibility index (Phi) is 5.78. The van der Waals surface area contributed by atoms with Crippen LogP contribution in [-0.2, 0) is 6.18 Å². The van der Waals surface area contributed by atoms with E-state index in [9.17, 15) is 22.0 Å². The summed E-state index contributed by atoms with van der Waals surface area (Å²) in [6.45, 7) is 0. The molecule has 33 heavy (non-hydrogen) atoms. The van der Waals surface area contributed by atoms with Gasteiger partial charge in [0.15, 0.2) is 11.6 Å². The van der Waals surface area contributed by atoms with Gasteiger partial charge in [-0.25, -0.2) is 13.8 Å². The third-order valence-corrected chi connectivity index (χ3v) is 4.36. The van der Waals surface area contributed by atoms with E-state index in [2.05, 4.69) is 20.3 Å². The number of alkyl halides is 3. The molecule has 3 N–H and O–H groups in total. The summed E-state index contributed by atoms with van der Waals surface area (Å²) in [7, 11) is 0. The Labute approximate surface area is 183 Å². The van der Waals surface area contributed by atoms with Gasteiger partial charge in [0.2, 0.25) is 5.95 Å². The number of hydrogen-bond donors (Lipinski definition) is 2. The van der Waals surface area contributed by atoms with Gasteiger partial charge in [0.25, 0.3) is 0 Å². The van der Waals surface area contributed by atoms with Gasteiger partial charge in [-0.2, -0.15) is 18.2 Å². The number of anilines is 3. The van der Waals surface area contributed by atoms with Gasteiger partial charge in [-0.3, -0.25) is 4.98 Å². The first-order chi connectivity index (χ1) is 15.7. The highest BCUT2D eigenvalue weighted by Gasteiger charge is 2.32. The lowest BCUT2D eigenvalue weighted by atomic mass is 10.1. The maximum absolute atomic E-state index is 14.1. The normalized spacial score (nSPS) is 11.3. The molecule has 2 aromatic heterocycles.